The predicted molar refractivity (Wildman–Crippen MR) is 64.3 cm³/mol. The van der Waals surface area contributed by atoms with Gasteiger partial charge in [0.2, 0.25) is 5.75 Å². The van der Waals surface area contributed by atoms with E-state index in [1.54, 1.807) is 0 Å². The van der Waals surface area contributed by atoms with Crippen LogP contribution in [-0.2, 0) is 0 Å². The lowest BCUT2D eigenvalue weighted by atomic mass is 10.3. The number of hydrogen-bond donors (Lipinski definition) is 4. The Morgan fingerprint density at radius 1 is 1.35 bits per heavy atom. The summed E-state index contributed by atoms with van der Waals surface area (Å²) >= 11 is 0. The first-order chi connectivity index (χ1) is 8.22. The van der Waals surface area contributed by atoms with Gasteiger partial charge in [0.05, 0.1) is 19.8 Å². The van der Waals surface area contributed by atoms with Crippen molar-refractivity contribution in [2.24, 2.45) is 0 Å². The number of aliphatic hydroxyl groups excluding tert-OH is 2. The largest absolute Gasteiger partial charge is 0.490 e. The topological polar surface area (TPSA) is 99.5 Å². The van der Waals surface area contributed by atoms with Crippen LogP contribution in [0.3, 0.4) is 0 Å². The number of nitrogens with zero attached hydrogens (tertiary/aromatic N) is 2. The third kappa shape index (κ3) is 3.72. The highest BCUT2D eigenvalue weighted by atomic mass is 16.5. The molecule has 0 saturated carbocycles. The molecule has 96 valence electrons. The maximum atomic E-state index is 9.24. The minimum Gasteiger partial charge on any atom is -0.490 e. The van der Waals surface area contributed by atoms with Crippen LogP contribution in [0.5, 0.6) is 5.75 Å². The van der Waals surface area contributed by atoms with Gasteiger partial charge in [-0.2, -0.15) is 0 Å². The summed E-state index contributed by atoms with van der Waals surface area (Å²) < 4.78 is 5.20. The van der Waals surface area contributed by atoms with Crippen molar-refractivity contribution in [3.05, 3.63) is 6.33 Å². The van der Waals surface area contributed by atoms with Gasteiger partial charge in [0.25, 0.3) is 0 Å². The number of nitrogens with one attached hydrogen (secondary N) is 2. The Labute approximate surface area is 99.9 Å². The molecule has 4 N–H and O–H groups in total. The van der Waals surface area contributed by atoms with Gasteiger partial charge < -0.3 is 25.6 Å². The molecule has 0 aliphatic heterocycles. The normalized spacial score (nSPS) is 12.0. The fourth-order valence-corrected chi connectivity index (χ4v) is 1.27. The lowest BCUT2D eigenvalue weighted by Crippen LogP contribution is -2.23. The molecule has 1 atom stereocenters. The van der Waals surface area contributed by atoms with Crippen molar-refractivity contribution in [2.45, 2.75) is 13.0 Å². The molecule has 7 heteroatoms. The Hall–Kier alpha value is -1.60. The quantitative estimate of drug-likeness (QED) is 0.520. The van der Waals surface area contributed by atoms with Crippen LogP contribution in [-0.4, -0.2) is 53.1 Å². The molecule has 0 aromatic carbocycles. The predicted octanol–water partition coefficient (Wildman–Crippen LogP) is -0.318. The standard InChI is InChI=1S/C10H18N4O3/c1-3-11-9-8(17-2)10(14-6-13-9)12-4-7(16)5-15/h6-7,15-16H,3-5H2,1-2H3,(H2,11,12,13,14). The summed E-state index contributed by atoms with van der Waals surface area (Å²) in [5.74, 6) is 1.55. The molecule has 1 aromatic rings. The second-order valence-corrected chi connectivity index (χ2v) is 3.35. The van der Waals surface area contributed by atoms with Crippen LogP contribution in [0, 0.1) is 0 Å². The van der Waals surface area contributed by atoms with E-state index < -0.39 is 6.10 Å². The van der Waals surface area contributed by atoms with Gasteiger partial charge in [-0.15, -0.1) is 0 Å². The van der Waals surface area contributed by atoms with E-state index in [-0.39, 0.29) is 13.2 Å². The summed E-state index contributed by atoms with van der Waals surface area (Å²) in [6.45, 7) is 2.55. The number of methoxy groups -OCH3 is 1. The average molecular weight is 242 g/mol. The van der Waals surface area contributed by atoms with Crippen LogP contribution in [0.1, 0.15) is 6.92 Å². The smallest absolute Gasteiger partial charge is 0.204 e. The van der Waals surface area contributed by atoms with Crippen LogP contribution in [0.4, 0.5) is 11.6 Å². The minimum absolute atomic E-state index is 0.190. The van der Waals surface area contributed by atoms with E-state index in [0.29, 0.717) is 23.9 Å². The maximum absolute atomic E-state index is 9.24. The fourth-order valence-electron chi connectivity index (χ4n) is 1.27. The van der Waals surface area contributed by atoms with E-state index in [1.165, 1.54) is 13.4 Å². The van der Waals surface area contributed by atoms with Crippen LogP contribution < -0.4 is 15.4 Å². The molecule has 0 bridgehead atoms. The van der Waals surface area contributed by atoms with Crippen molar-refractivity contribution in [1.29, 1.82) is 0 Å². The summed E-state index contributed by atoms with van der Waals surface area (Å²) in [7, 11) is 1.52. The summed E-state index contributed by atoms with van der Waals surface area (Å²) in [6, 6.07) is 0. The molecule has 0 fully saturated rings. The van der Waals surface area contributed by atoms with Crippen molar-refractivity contribution < 1.29 is 14.9 Å². The second-order valence-electron chi connectivity index (χ2n) is 3.35. The molecule has 1 unspecified atom stereocenters. The Kier molecular flexibility index (Phi) is 5.44. The molecule has 0 aliphatic rings. The number of ether oxygens (including phenoxy) is 1. The SMILES string of the molecule is CCNc1ncnc(NCC(O)CO)c1OC. The first-order valence-corrected chi connectivity index (χ1v) is 5.38. The van der Waals surface area contributed by atoms with Crippen molar-refractivity contribution in [1.82, 2.24) is 9.97 Å². The zero-order chi connectivity index (χ0) is 12.7. The van der Waals surface area contributed by atoms with Crippen molar-refractivity contribution >= 4 is 11.6 Å². The van der Waals surface area contributed by atoms with E-state index in [1.807, 2.05) is 6.92 Å². The molecule has 1 heterocycles. The maximum Gasteiger partial charge on any atom is 0.204 e. The molecule has 0 spiro atoms. The number of aromatic nitrogens is 2. The Balaban J connectivity index is 2.79. The first-order valence-electron chi connectivity index (χ1n) is 5.38. The molecule has 1 aromatic heterocycles. The van der Waals surface area contributed by atoms with E-state index >= 15 is 0 Å². The lowest BCUT2D eigenvalue weighted by molar-refractivity contribution is 0.105. The van der Waals surface area contributed by atoms with Crippen LogP contribution in [0.25, 0.3) is 0 Å². The van der Waals surface area contributed by atoms with Gasteiger partial charge in [-0.1, -0.05) is 0 Å². The van der Waals surface area contributed by atoms with Gasteiger partial charge in [-0.3, -0.25) is 0 Å². The van der Waals surface area contributed by atoms with Gasteiger partial charge >= 0.3 is 0 Å². The minimum atomic E-state index is -0.836. The van der Waals surface area contributed by atoms with E-state index in [0.717, 1.165) is 0 Å². The number of rotatable bonds is 7. The zero-order valence-electron chi connectivity index (χ0n) is 9.97. The number of anilines is 2. The summed E-state index contributed by atoms with van der Waals surface area (Å²) in [5.41, 5.74) is 0. The van der Waals surface area contributed by atoms with Crippen LogP contribution in [0.15, 0.2) is 6.33 Å². The third-order valence-corrected chi connectivity index (χ3v) is 2.07. The number of aliphatic hydroxyl groups is 2. The molecular weight excluding hydrogens is 224 g/mol. The molecule has 0 saturated heterocycles. The second kappa shape index (κ2) is 6.87. The third-order valence-electron chi connectivity index (χ3n) is 2.07. The molecule has 0 radical (unpaired) electrons. The van der Waals surface area contributed by atoms with Crippen LogP contribution >= 0.6 is 0 Å². The lowest BCUT2D eigenvalue weighted by Gasteiger charge is -2.14. The van der Waals surface area contributed by atoms with Crippen LogP contribution in [0.2, 0.25) is 0 Å². The zero-order valence-corrected chi connectivity index (χ0v) is 9.97. The van der Waals surface area contributed by atoms with Gasteiger partial charge in [-0.05, 0) is 6.92 Å². The fraction of sp³-hybridized carbons (Fsp3) is 0.600. The summed E-state index contributed by atoms with van der Waals surface area (Å²) in [6.07, 6.45) is 0.561. The van der Waals surface area contributed by atoms with Gasteiger partial charge in [-0.25, -0.2) is 9.97 Å². The van der Waals surface area contributed by atoms with E-state index in [4.69, 9.17) is 9.84 Å². The highest BCUT2D eigenvalue weighted by Gasteiger charge is 2.12. The van der Waals surface area contributed by atoms with E-state index in [2.05, 4.69) is 20.6 Å². The molecular formula is C10H18N4O3. The Morgan fingerprint density at radius 3 is 2.53 bits per heavy atom. The van der Waals surface area contributed by atoms with Crippen molar-refractivity contribution in [3.63, 3.8) is 0 Å². The molecule has 0 aliphatic carbocycles. The van der Waals surface area contributed by atoms with Crippen molar-refractivity contribution in [3.8, 4) is 5.75 Å². The average Bonchev–Trinajstić information content (AvgIpc) is 2.36. The Bertz CT molecular complexity index is 348. The Morgan fingerprint density at radius 2 is 2.00 bits per heavy atom. The number of hydrogen-bond acceptors (Lipinski definition) is 7. The molecule has 17 heavy (non-hydrogen) atoms. The molecule has 0 amide bonds. The molecule has 1 rings (SSSR count). The summed E-state index contributed by atoms with van der Waals surface area (Å²) in [4.78, 5) is 8.07. The highest BCUT2D eigenvalue weighted by Crippen LogP contribution is 2.28. The van der Waals surface area contributed by atoms with Gasteiger partial charge in [0.15, 0.2) is 11.6 Å². The van der Waals surface area contributed by atoms with Gasteiger partial charge in [0, 0.05) is 13.1 Å². The highest BCUT2D eigenvalue weighted by molar-refractivity contribution is 5.63. The first kappa shape index (κ1) is 13.5. The molecule has 7 nitrogen and oxygen atoms in total. The van der Waals surface area contributed by atoms with Crippen molar-refractivity contribution in [2.75, 3.05) is 37.4 Å². The van der Waals surface area contributed by atoms with E-state index in [9.17, 15) is 5.11 Å². The monoisotopic (exact) mass is 242 g/mol. The summed E-state index contributed by atoms with van der Waals surface area (Å²) in [5, 5.41) is 23.9. The van der Waals surface area contributed by atoms with Gasteiger partial charge in [0.1, 0.15) is 6.33 Å².